The number of aryl methyl sites for hydroxylation is 1. The number of anilines is 2. The van der Waals surface area contributed by atoms with Crippen LogP contribution in [0.4, 0.5) is 11.4 Å². The lowest BCUT2D eigenvalue weighted by molar-refractivity contribution is 0.0607. The highest BCUT2D eigenvalue weighted by atomic mass is 32.1. The van der Waals surface area contributed by atoms with Gasteiger partial charge in [-0.25, -0.2) is 9.78 Å². The van der Waals surface area contributed by atoms with Gasteiger partial charge >= 0.3 is 5.97 Å². The van der Waals surface area contributed by atoms with Crippen LogP contribution in [0, 0.1) is 6.92 Å². The number of esters is 1. The van der Waals surface area contributed by atoms with Gasteiger partial charge in [0.25, 0.3) is 0 Å². The third-order valence-corrected chi connectivity index (χ3v) is 4.54. The molecule has 0 bridgehead atoms. The number of fused-ring (bicyclic) bond motifs is 1. The summed E-state index contributed by atoms with van der Waals surface area (Å²) >= 11 is 6.66. The predicted octanol–water partition coefficient (Wildman–Crippen LogP) is 3.53. The Labute approximate surface area is 141 Å². The van der Waals surface area contributed by atoms with Gasteiger partial charge in [-0.2, -0.15) is 0 Å². The van der Waals surface area contributed by atoms with E-state index in [1.165, 1.54) is 18.4 Å². The molecule has 0 radical (unpaired) electrons. The van der Waals surface area contributed by atoms with E-state index >= 15 is 0 Å². The minimum atomic E-state index is -0.382. The molecule has 3 N–H and O–H groups in total. The molecule has 0 unspecified atom stereocenters. The molecule has 0 aliphatic rings. The molecule has 0 spiro atoms. The van der Waals surface area contributed by atoms with Gasteiger partial charge in [-0.3, -0.25) is 0 Å². The molecule has 118 valence electrons. The van der Waals surface area contributed by atoms with Crippen molar-refractivity contribution in [3.63, 3.8) is 0 Å². The smallest absolute Gasteiger partial charge is 0.350 e. The molecule has 8 heteroatoms. The summed E-state index contributed by atoms with van der Waals surface area (Å²) in [4.78, 5) is 19.5. The number of benzene rings is 1. The highest BCUT2D eigenvalue weighted by Crippen LogP contribution is 2.28. The van der Waals surface area contributed by atoms with Crippen molar-refractivity contribution in [1.82, 2.24) is 9.97 Å². The van der Waals surface area contributed by atoms with E-state index in [2.05, 4.69) is 20.6 Å². The summed E-state index contributed by atoms with van der Waals surface area (Å²) in [6.07, 6.45) is 1.64. The van der Waals surface area contributed by atoms with Crippen molar-refractivity contribution in [2.75, 3.05) is 17.7 Å². The number of aromatic nitrogens is 2. The standard InChI is InChI=1S/C15H14N4O2S2/c1-8-6-23-13(14(20)21-2)12(8)19-15(22)18-9-3-4-10-11(5-9)17-7-16-10/h3-7H,1-2H3,(H,16,17)(H2,18,19,22). The molecular weight excluding hydrogens is 332 g/mol. The number of carbonyl (C=O) groups is 1. The number of hydrogen-bond donors (Lipinski definition) is 3. The zero-order valence-electron chi connectivity index (χ0n) is 12.5. The zero-order chi connectivity index (χ0) is 16.4. The Bertz CT molecular complexity index is 885. The maximum atomic E-state index is 11.8. The molecule has 6 nitrogen and oxygen atoms in total. The number of thiocarbonyl (C=S) groups is 1. The molecule has 0 saturated heterocycles. The van der Waals surface area contributed by atoms with Crippen LogP contribution in [0.2, 0.25) is 0 Å². The van der Waals surface area contributed by atoms with E-state index < -0.39 is 0 Å². The Morgan fingerprint density at radius 2 is 2.22 bits per heavy atom. The van der Waals surface area contributed by atoms with Crippen LogP contribution in [-0.2, 0) is 4.74 Å². The second kappa shape index (κ2) is 6.35. The Morgan fingerprint density at radius 1 is 1.39 bits per heavy atom. The summed E-state index contributed by atoms with van der Waals surface area (Å²) < 4.78 is 4.79. The third kappa shape index (κ3) is 3.17. The molecule has 2 aromatic heterocycles. The second-order valence-corrected chi connectivity index (χ2v) is 6.12. The van der Waals surface area contributed by atoms with Crippen LogP contribution in [0.15, 0.2) is 29.9 Å². The minimum absolute atomic E-state index is 0.382. The number of nitrogens with one attached hydrogen (secondary N) is 3. The Morgan fingerprint density at radius 3 is 3.00 bits per heavy atom. The lowest BCUT2D eigenvalue weighted by Gasteiger charge is -2.12. The number of rotatable bonds is 3. The molecule has 0 amide bonds. The van der Waals surface area contributed by atoms with Gasteiger partial charge in [-0.1, -0.05) is 0 Å². The number of H-pyrrole nitrogens is 1. The molecule has 1 aromatic carbocycles. The number of imidazole rings is 1. The van der Waals surface area contributed by atoms with Gasteiger partial charge in [-0.05, 0) is 48.3 Å². The highest BCUT2D eigenvalue weighted by Gasteiger charge is 2.17. The second-order valence-electron chi connectivity index (χ2n) is 4.83. The predicted molar refractivity (Wildman–Crippen MR) is 96.3 cm³/mol. The van der Waals surface area contributed by atoms with E-state index in [9.17, 15) is 4.79 Å². The van der Waals surface area contributed by atoms with Crippen molar-refractivity contribution in [2.24, 2.45) is 0 Å². The van der Waals surface area contributed by atoms with E-state index in [0.29, 0.717) is 15.7 Å². The molecular formula is C15H14N4O2S2. The van der Waals surface area contributed by atoms with Gasteiger partial charge in [0, 0.05) is 5.69 Å². The van der Waals surface area contributed by atoms with Gasteiger partial charge in [-0.15, -0.1) is 11.3 Å². The zero-order valence-corrected chi connectivity index (χ0v) is 14.1. The van der Waals surface area contributed by atoms with E-state index in [-0.39, 0.29) is 5.97 Å². The Hall–Kier alpha value is -2.45. The van der Waals surface area contributed by atoms with Crippen molar-refractivity contribution in [3.8, 4) is 0 Å². The van der Waals surface area contributed by atoms with Crippen LogP contribution in [0.25, 0.3) is 11.0 Å². The van der Waals surface area contributed by atoms with Crippen LogP contribution in [0.3, 0.4) is 0 Å². The van der Waals surface area contributed by atoms with E-state index in [1.54, 1.807) is 6.33 Å². The molecule has 2 heterocycles. The van der Waals surface area contributed by atoms with Crippen LogP contribution in [-0.4, -0.2) is 28.2 Å². The molecule has 3 aromatic rings. The molecule has 23 heavy (non-hydrogen) atoms. The number of hydrogen-bond acceptors (Lipinski definition) is 5. The summed E-state index contributed by atoms with van der Waals surface area (Å²) in [5, 5.41) is 8.45. The highest BCUT2D eigenvalue weighted by molar-refractivity contribution is 7.80. The van der Waals surface area contributed by atoms with E-state index in [1.807, 2.05) is 30.5 Å². The third-order valence-electron chi connectivity index (χ3n) is 3.26. The number of nitrogens with zero attached hydrogens (tertiary/aromatic N) is 1. The van der Waals surface area contributed by atoms with Gasteiger partial charge in [0.05, 0.1) is 30.2 Å². The average molecular weight is 346 g/mol. The first kappa shape index (κ1) is 15.4. The van der Waals surface area contributed by atoms with Crippen molar-refractivity contribution in [3.05, 3.63) is 40.3 Å². The molecule has 0 fully saturated rings. The van der Waals surface area contributed by atoms with Crippen molar-refractivity contribution in [1.29, 1.82) is 0 Å². The number of aromatic amines is 1. The fourth-order valence-electron chi connectivity index (χ4n) is 2.13. The maximum absolute atomic E-state index is 11.8. The largest absolute Gasteiger partial charge is 0.465 e. The van der Waals surface area contributed by atoms with Gasteiger partial charge in [0.2, 0.25) is 0 Å². The minimum Gasteiger partial charge on any atom is -0.465 e. The fourth-order valence-corrected chi connectivity index (χ4v) is 3.27. The number of ether oxygens (including phenoxy) is 1. The molecule has 0 saturated carbocycles. The average Bonchev–Trinajstić information content (AvgIpc) is 3.13. The van der Waals surface area contributed by atoms with E-state index in [0.717, 1.165) is 22.3 Å². The summed E-state index contributed by atoms with van der Waals surface area (Å²) in [6.45, 7) is 1.91. The van der Waals surface area contributed by atoms with Crippen molar-refractivity contribution >= 4 is 57.0 Å². The maximum Gasteiger partial charge on any atom is 0.350 e. The quantitative estimate of drug-likeness (QED) is 0.497. The lowest BCUT2D eigenvalue weighted by Crippen LogP contribution is -2.20. The van der Waals surface area contributed by atoms with Crippen LogP contribution in [0.5, 0.6) is 0 Å². The fraction of sp³-hybridized carbons (Fsp3) is 0.133. The topological polar surface area (TPSA) is 79.0 Å². The lowest BCUT2D eigenvalue weighted by atomic mass is 10.2. The first-order chi connectivity index (χ1) is 11.1. The monoisotopic (exact) mass is 346 g/mol. The first-order valence-electron chi connectivity index (χ1n) is 6.76. The van der Waals surface area contributed by atoms with Gasteiger partial charge < -0.3 is 20.4 Å². The molecule has 3 rings (SSSR count). The SMILES string of the molecule is COC(=O)c1scc(C)c1NC(=S)Nc1ccc2nc[nH]c2c1. The summed E-state index contributed by atoms with van der Waals surface area (Å²) in [5.74, 6) is -0.382. The van der Waals surface area contributed by atoms with Crippen molar-refractivity contribution in [2.45, 2.75) is 6.92 Å². The molecule has 0 aliphatic heterocycles. The summed E-state index contributed by atoms with van der Waals surface area (Å²) in [6, 6.07) is 5.70. The van der Waals surface area contributed by atoms with Crippen LogP contribution >= 0.6 is 23.6 Å². The summed E-state index contributed by atoms with van der Waals surface area (Å²) in [7, 11) is 1.36. The van der Waals surface area contributed by atoms with Crippen molar-refractivity contribution < 1.29 is 9.53 Å². The number of carbonyl (C=O) groups excluding carboxylic acids is 1. The van der Waals surface area contributed by atoms with Gasteiger partial charge in [0.15, 0.2) is 5.11 Å². The Balaban J connectivity index is 1.77. The van der Waals surface area contributed by atoms with Gasteiger partial charge in [0.1, 0.15) is 4.88 Å². The normalized spacial score (nSPS) is 10.5. The molecule has 0 aliphatic carbocycles. The summed E-state index contributed by atoms with van der Waals surface area (Å²) in [5.41, 5.74) is 4.23. The van der Waals surface area contributed by atoms with Crippen LogP contribution in [0.1, 0.15) is 15.2 Å². The van der Waals surface area contributed by atoms with E-state index in [4.69, 9.17) is 17.0 Å². The first-order valence-corrected chi connectivity index (χ1v) is 8.05. The number of methoxy groups -OCH3 is 1. The Kier molecular flexibility index (Phi) is 4.26. The molecule has 0 atom stereocenters. The van der Waals surface area contributed by atoms with Crippen LogP contribution < -0.4 is 10.6 Å². The number of thiophene rings is 1.